The van der Waals surface area contributed by atoms with Gasteiger partial charge in [-0.05, 0) is 54.6 Å². The molecule has 35 heavy (non-hydrogen) atoms. The Bertz CT molecular complexity index is 1280. The predicted molar refractivity (Wildman–Crippen MR) is 125 cm³/mol. The summed E-state index contributed by atoms with van der Waals surface area (Å²) in [7, 11) is 0. The summed E-state index contributed by atoms with van der Waals surface area (Å²) in [6.45, 7) is 0.511. The van der Waals surface area contributed by atoms with Crippen molar-refractivity contribution in [3.05, 3.63) is 89.0 Å². The summed E-state index contributed by atoms with van der Waals surface area (Å²) in [6.07, 6.45) is 0.464. The quantitative estimate of drug-likeness (QED) is 0.502. The molecular weight excluding hydrogens is 456 g/mol. The highest BCUT2D eigenvalue weighted by molar-refractivity contribution is 5.96. The van der Waals surface area contributed by atoms with Crippen molar-refractivity contribution in [2.75, 3.05) is 18.4 Å². The van der Waals surface area contributed by atoms with Crippen LogP contribution in [0.3, 0.4) is 0 Å². The van der Waals surface area contributed by atoms with Crippen LogP contribution in [-0.4, -0.2) is 37.2 Å². The molecule has 3 N–H and O–H groups in total. The summed E-state index contributed by atoms with van der Waals surface area (Å²) >= 11 is 0. The number of rotatable bonds is 6. The van der Waals surface area contributed by atoms with E-state index in [1.54, 1.807) is 36.4 Å². The zero-order chi connectivity index (χ0) is 24.4. The molecule has 2 atom stereocenters. The topological polar surface area (TPSA) is 88.7 Å². The van der Waals surface area contributed by atoms with Crippen molar-refractivity contribution in [1.29, 1.82) is 0 Å². The number of carbonyl (C=O) groups is 2. The van der Waals surface area contributed by atoms with Gasteiger partial charge in [0.05, 0.1) is 13.1 Å². The predicted octanol–water partition coefficient (Wildman–Crippen LogP) is 3.82. The minimum absolute atomic E-state index is 0.246. The van der Waals surface area contributed by atoms with Crippen molar-refractivity contribution in [3.63, 3.8) is 0 Å². The summed E-state index contributed by atoms with van der Waals surface area (Å²) in [4.78, 5) is 24.9. The Kier molecular flexibility index (Phi) is 6.22. The van der Waals surface area contributed by atoms with Gasteiger partial charge in [0.25, 0.3) is 5.91 Å². The van der Waals surface area contributed by atoms with Gasteiger partial charge in [-0.3, -0.25) is 4.79 Å². The number of amides is 3. The molecule has 2 aliphatic rings. The number of anilines is 1. The molecular formula is C26H23F2N3O4. The second-order valence-electron chi connectivity index (χ2n) is 8.52. The van der Waals surface area contributed by atoms with Crippen LogP contribution in [0.5, 0.6) is 11.5 Å². The molecule has 0 aromatic heterocycles. The third kappa shape index (κ3) is 5.34. The molecule has 0 bridgehead atoms. The monoisotopic (exact) mass is 479 g/mol. The third-order valence-electron chi connectivity index (χ3n) is 5.89. The molecule has 180 valence electrons. The molecule has 0 spiro atoms. The Morgan fingerprint density at radius 3 is 2.03 bits per heavy atom. The maximum Gasteiger partial charge on any atom is 0.319 e. The number of halogens is 2. The largest absolute Gasteiger partial charge is 0.488 e. The lowest BCUT2D eigenvalue weighted by Crippen LogP contribution is -2.37. The number of hydrogen-bond acceptors (Lipinski definition) is 4. The van der Waals surface area contributed by atoms with Crippen LogP contribution in [0.25, 0.3) is 0 Å². The van der Waals surface area contributed by atoms with Gasteiger partial charge in [-0.2, -0.15) is 0 Å². The molecule has 2 unspecified atom stereocenters. The van der Waals surface area contributed by atoms with E-state index in [0.29, 0.717) is 35.6 Å². The SMILES string of the molecule is O=C(NCC1Cc2cc(F)ccc2O1)Nc1cccc(C(=O)NCC2Cc3cc(F)ccc3O2)c1. The van der Waals surface area contributed by atoms with E-state index in [1.807, 2.05) is 0 Å². The Morgan fingerprint density at radius 2 is 1.40 bits per heavy atom. The van der Waals surface area contributed by atoms with E-state index >= 15 is 0 Å². The van der Waals surface area contributed by atoms with Gasteiger partial charge in [0, 0.05) is 35.2 Å². The van der Waals surface area contributed by atoms with Crippen molar-refractivity contribution < 1.29 is 27.8 Å². The second kappa shape index (κ2) is 9.61. The molecule has 0 radical (unpaired) electrons. The third-order valence-corrected chi connectivity index (χ3v) is 5.89. The van der Waals surface area contributed by atoms with Crippen molar-refractivity contribution in [1.82, 2.24) is 10.6 Å². The molecule has 3 aromatic carbocycles. The van der Waals surface area contributed by atoms with Crippen molar-refractivity contribution in [3.8, 4) is 11.5 Å². The smallest absolute Gasteiger partial charge is 0.319 e. The number of hydrogen-bond donors (Lipinski definition) is 3. The Labute approximate surface area is 200 Å². The van der Waals surface area contributed by atoms with Gasteiger partial charge < -0.3 is 25.4 Å². The fourth-order valence-corrected chi connectivity index (χ4v) is 4.23. The van der Waals surface area contributed by atoms with E-state index in [-0.39, 0.29) is 42.8 Å². The summed E-state index contributed by atoms with van der Waals surface area (Å²) < 4.78 is 38.2. The summed E-state index contributed by atoms with van der Waals surface area (Å²) in [5, 5.41) is 8.25. The van der Waals surface area contributed by atoms with Crippen LogP contribution < -0.4 is 25.4 Å². The highest BCUT2D eigenvalue weighted by Gasteiger charge is 2.25. The zero-order valence-electron chi connectivity index (χ0n) is 18.6. The highest BCUT2D eigenvalue weighted by Crippen LogP contribution is 2.30. The van der Waals surface area contributed by atoms with Crippen LogP contribution in [0.4, 0.5) is 19.3 Å². The maximum atomic E-state index is 13.4. The first-order chi connectivity index (χ1) is 16.9. The van der Waals surface area contributed by atoms with Crippen LogP contribution in [0, 0.1) is 11.6 Å². The van der Waals surface area contributed by atoms with E-state index < -0.39 is 6.03 Å². The molecule has 0 fully saturated rings. The minimum Gasteiger partial charge on any atom is -0.488 e. The van der Waals surface area contributed by atoms with Gasteiger partial charge in [0.2, 0.25) is 0 Å². The molecule has 0 saturated carbocycles. The molecule has 3 aromatic rings. The van der Waals surface area contributed by atoms with E-state index in [4.69, 9.17) is 9.47 Å². The first kappa shape index (κ1) is 22.6. The second-order valence-corrected chi connectivity index (χ2v) is 8.52. The van der Waals surface area contributed by atoms with Crippen molar-refractivity contribution in [2.24, 2.45) is 0 Å². The van der Waals surface area contributed by atoms with Gasteiger partial charge in [0.15, 0.2) is 0 Å². The number of ether oxygens (including phenoxy) is 2. The van der Waals surface area contributed by atoms with Crippen LogP contribution in [0.15, 0.2) is 60.7 Å². The number of nitrogens with one attached hydrogen (secondary N) is 3. The number of carbonyl (C=O) groups excluding carboxylic acids is 2. The molecule has 5 rings (SSSR count). The molecule has 0 saturated heterocycles. The molecule has 0 aliphatic carbocycles. The Hall–Kier alpha value is -4.14. The lowest BCUT2D eigenvalue weighted by molar-refractivity contribution is 0.0933. The number of benzene rings is 3. The van der Waals surface area contributed by atoms with Crippen LogP contribution >= 0.6 is 0 Å². The van der Waals surface area contributed by atoms with Crippen LogP contribution in [-0.2, 0) is 12.8 Å². The maximum absolute atomic E-state index is 13.4. The summed E-state index contributed by atoms with van der Waals surface area (Å²) in [5.41, 5.74) is 2.38. The summed E-state index contributed by atoms with van der Waals surface area (Å²) in [6, 6.07) is 14.8. The van der Waals surface area contributed by atoms with Crippen molar-refractivity contribution >= 4 is 17.6 Å². The van der Waals surface area contributed by atoms with E-state index in [0.717, 1.165) is 11.1 Å². The Balaban J connectivity index is 1.09. The number of urea groups is 1. The first-order valence-electron chi connectivity index (χ1n) is 11.3. The van der Waals surface area contributed by atoms with Crippen molar-refractivity contribution in [2.45, 2.75) is 25.0 Å². The average molecular weight is 479 g/mol. The van der Waals surface area contributed by atoms with Gasteiger partial charge in [0.1, 0.15) is 35.3 Å². The molecule has 7 nitrogen and oxygen atoms in total. The normalized spacial score (nSPS) is 17.5. The average Bonchev–Trinajstić information content (AvgIpc) is 3.44. The van der Waals surface area contributed by atoms with E-state index in [1.165, 1.54) is 24.3 Å². The highest BCUT2D eigenvalue weighted by atomic mass is 19.1. The van der Waals surface area contributed by atoms with E-state index in [2.05, 4.69) is 16.0 Å². The summed E-state index contributed by atoms with van der Waals surface area (Å²) in [5.74, 6) is 0.294. The van der Waals surface area contributed by atoms with E-state index in [9.17, 15) is 18.4 Å². The molecule has 2 heterocycles. The zero-order valence-corrected chi connectivity index (χ0v) is 18.6. The minimum atomic E-state index is -0.447. The van der Waals surface area contributed by atoms with Gasteiger partial charge >= 0.3 is 6.03 Å². The van der Waals surface area contributed by atoms with Gasteiger partial charge in [-0.1, -0.05) is 6.07 Å². The molecule has 3 amide bonds. The van der Waals surface area contributed by atoms with Gasteiger partial charge in [-0.15, -0.1) is 0 Å². The first-order valence-corrected chi connectivity index (χ1v) is 11.3. The lowest BCUT2D eigenvalue weighted by atomic mass is 10.1. The van der Waals surface area contributed by atoms with Gasteiger partial charge in [-0.25, -0.2) is 13.6 Å². The standard InChI is InChI=1S/C26H23F2N3O4/c27-18-4-6-23-16(8-18)11-21(34-23)13-29-25(32)15-2-1-3-20(10-15)31-26(33)30-14-22-12-17-9-19(28)5-7-24(17)35-22/h1-10,21-22H,11-14H2,(H,29,32)(H2,30,31,33). The Morgan fingerprint density at radius 1 is 0.800 bits per heavy atom. The molecule has 9 heteroatoms. The lowest BCUT2D eigenvalue weighted by Gasteiger charge is -2.14. The van der Waals surface area contributed by atoms with Crippen LogP contribution in [0.1, 0.15) is 21.5 Å². The number of fused-ring (bicyclic) bond motifs is 2. The fourth-order valence-electron chi connectivity index (χ4n) is 4.23. The van der Waals surface area contributed by atoms with Crippen LogP contribution in [0.2, 0.25) is 0 Å². The fraction of sp³-hybridized carbons (Fsp3) is 0.231. The molecule has 2 aliphatic heterocycles.